The molecule has 0 radical (unpaired) electrons. The van der Waals surface area contributed by atoms with Crippen LogP contribution in [-0.2, 0) is 13.6 Å². The van der Waals surface area contributed by atoms with Crippen molar-refractivity contribution in [3.05, 3.63) is 42.6 Å². The Labute approximate surface area is 110 Å². The lowest BCUT2D eigenvalue weighted by Gasteiger charge is -2.09. The predicted molar refractivity (Wildman–Crippen MR) is 74.0 cm³/mol. The van der Waals surface area contributed by atoms with E-state index in [9.17, 15) is 4.57 Å². The summed E-state index contributed by atoms with van der Waals surface area (Å²) in [6.07, 6.45) is 1.70. The third kappa shape index (κ3) is 1.87. The summed E-state index contributed by atoms with van der Waals surface area (Å²) in [6, 6.07) is 11.8. The molecule has 0 aliphatic heterocycles. The molecule has 0 bridgehead atoms. The topological polar surface area (TPSA) is 52.8 Å². The zero-order valence-corrected chi connectivity index (χ0v) is 11.5. The first kappa shape index (κ1) is 12.4. The van der Waals surface area contributed by atoms with Gasteiger partial charge < -0.3 is 9.05 Å². The molecule has 0 aliphatic carbocycles. The first-order valence-electron chi connectivity index (χ1n) is 5.77. The van der Waals surface area contributed by atoms with E-state index in [4.69, 9.17) is 9.05 Å². The second-order valence-electron chi connectivity index (χ2n) is 4.08. The van der Waals surface area contributed by atoms with Crippen molar-refractivity contribution >= 4 is 29.6 Å². The van der Waals surface area contributed by atoms with Crippen LogP contribution in [0.2, 0.25) is 0 Å². The Morgan fingerprint density at radius 3 is 2.58 bits per heavy atom. The molecule has 0 N–H and O–H groups in total. The fraction of sp³-hybridized carbons (Fsp3) is 0.154. The smallest absolute Gasteiger partial charge is 0.307 e. The Morgan fingerprint density at radius 1 is 1.11 bits per heavy atom. The minimum absolute atomic E-state index is 0.314. The summed E-state index contributed by atoms with van der Waals surface area (Å²) in [5.41, 5.74) is 2.02. The quantitative estimate of drug-likeness (QED) is 0.690. The van der Waals surface area contributed by atoms with Gasteiger partial charge in [0.2, 0.25) is 0 Å². The van der Waals surface area contributed by atoms with Gasteiger partial charge in [0.05, 0.1) is 5.52 Å². The van der Waals surface area contributed by atoms with Gasteiger partial charge in [-0.2, -0.15) is 0 Å². The number of nitrogens with zero attached hydrogens (tertiary/aromatic N) is 2. The molecule has 98 valence electrons. The summed E-state index contributed by atoms with van der Waals surface area (Å²) in [7, 11) is -0.609. The van der Waals surface area contributed by atoms with Crippen LogP contribution in [0.25, 0.3) is 16.6 Å². The van der Waals surface area contributed by atoms with Crippen molar-refractivity contribution in [3.8, 4) is 0 Å². The van der Waals surface area contributed by atoms with Crippen LogP contribution in [0.3, 0.4) is 0 Å². The van der Waals surface area contributed by atoms with Crippen LogP contribution in [0.15, 0.2) is 42.6 Å². The van der Waals surface area contributed by atoms with Gasteiger partial charge in [0.15, 0.2) is 5.44 Å². The third-order valence-electron chi connectivity index (χ3n) is 3.09. The van der Waals surface area contributed by atoms with Gasteiger partial charge >= 0.3 is 7.60 Å². The summed E-state index contributed by atoms with van der Waals surface area (Å²) in [6.45, 7) is 0. The summed E-state index contributed by atoms with van der Waals surface area (Å²) in [4.78, 5) is 4.33. The summed E-state index contributed by atoms with van der Waals surface area (Å²) in [5.74, 6) is 0. The second kappa shape index (κ2) is 4.46. The molecule has 2 heterocycles. The average Bonchev–Trinajstić information content (AvgIpc) is 2.91. The van der Waals surface area contributed by atoms with E-state index in [-0.39, 0.29) is 0 Å². The van der Waals surface area contributed by atoms with Crippen LogP contribution >= 0.6 is 7.60 Å². The van der Waals surface area contributed by atoms with Gasteiger partial charge in [-0.1, -0.05) is 18.2 Å². The van der Waals surface area contributed by atoms with Gasteiger partial charge in [-0.3, -0.25) is 8.97 Å². The molecule has 5 nitrogen and oxygen atoms in total. The molecule has 0 fully saturated rings. The van der Waals surface area contributed by atoms with Crippen molar-refractivity contribution in [2.45, 2.75) is 0 Å². The molecule has 0 saturated heterocycles. The number of benzene rings is 1. The minimum atomic E-state index is -3.32. The predicted octanol–water partition coefficient (Wildman–Crippen LogP) is 2.60. The van der Waals surface area contributed by atoms with Crippen molar-refractivity contribution in [3.63, 3.8) is 0 Å². The van der Waals surface area contributed by atoms with E-state index < -0.39 is 7.60 Å². The van der Waals surface area contributed by atoms with Crippen LogP contribution in [0.1, 0.15) is 0 Å². The van der Waals surface area contributed by atoms with Crippen molar-refractivity contribution in [1.82, 2.24) is 9.38 Å². The lowest BCUT2D eigenvalue weighted by Crippen LogP contribution is -2.08. The maximum Gasteiger partial charge on any atom is 0.380 e. The molecule has 6 heteroatoms. The van der Waals surface area contributed by atoms with E-state index in [2.05, 4.69) is 4.98 Å². The van der Waals surface area contributed by atoms with Crippen LogP contribution in [0, 0.1) is 0 Å². The monoisotopic (exact) mass is 276 g/mol. The lowest BCUT2D eigenvalue weighted by atomic mass is 10.2. The molecule has 3 rings (SSSR count). The minimum Gasteiger partial charge on any atom is -0.307 e. The molecule has 19 heavy (non-hydrogen) atoms. The number of pyridine rings is 1. The van der Waals surface area contributed by atoms with E-state index in [0.717, 1.165) is 10.9 Å². The van der Waals surface area contributed by atoms with Crippen molar-refractivity contribution in [2.24, 2.45) is 0 Å². The molecule has 0 amide bonds. The Morgan fingerprint density at radius 2 is 1.84 bits per heavy atom. The van der Waals surface area contributed by atoms with Crippen LogP contribution in [-0.4, -0.2) is 23.6 Å². The van der Waals surface area contributed by atoms with Crippen LogP contribution in [0.5, 0.6) is 0 Å². The molecule has 3 aromatic rings. The van der Waals surface area contributed by atoms with Gasteiger partial charge in [0, 0.05) is 20.4 Å². The SMILES string of the molecule is COP(=O)(OC)c1cn2c(ccc3ccccc32)n1. The summed E-state index contributed by atoms with van der Waals surface area (Å²) in [5, 5.41) is 1.09. The normalized spacial score (nSPS) is 12.3. The molecule has 1 aromatic carbocycles. The number of imidazole rings is 1. The van der Waals surface area contributed by atoms with Gasteiger partial charge in [-0.05, 0) is 23.6 Å². The van der Waals surface area contributed by atoms with Gasteiger partial charge in [0.25, 0.3) is 0 Å². The second-order valence-corrected chi connectivity index (χ2v) is 6.27. The molecule has 0 saturated carbocycles. The van der Waals surface area contributed by atoms with Crippen LogP contribution < -0.4 is 5.44 Å². The highest BCUT2D eigenvalue weighted by Crippen LogP contribution is 2.44. The highest BCUT2D eigenvalue weighted by molar-refractivity contribution is 7.61. The number of para-hydroxylation sites is 1. The molecular weight excluding hydrogens is 263 g/mol. The zero-order chi connectivity index (χ0) is 13.5. The highest BCUT2D eigenvalue weighted by Gasteiger charge is 2.28. The summed E-state index contributed by atoms with van der Waals surface area (Å²) < 4.78 is 24.2. The van der Waals surface area contributed by atoms with Gasteiger partial charge in [0.1, 0.15) is 5.65 Å². The number of hydrogen-bond donors (Lipinski definition) is 0. The molecule has 2 aromatic heterocycles. The maximum absolute atomic E-state index is 12.3. The van der Waals surface area contributed by atoms with E-state index in [0.29, 0.717) is 11.1 Å². The lowest BCUT2D eigenvalue weighted by molar-refractivity contribution is 0.286. The summed E-state index contributed by atoms with van der Waals surface area (Å²) >= 11 is 0. The highest BCUT2D eigenvalue weighted by atomic mass is 31.2. The van der Waals surface area contributed by atoms with E-state index in [1.54, 1.807) is 6.20 Å². The number of rotatable bonds is 3. The molecule has 0 atom stereocenters. The van der Waals surface area contributed by atoms with Crippen molar-refractivity contribution in [1.29, 1.82) is 0 Å². The van der Waals surface area contributed by atoms with Crippen molar-refractivity contribution in [2.75, 3.05) is 14.2 Å². The fourth-order valence-electron chi connectivity index (χ4n) is 2.10. The Hall–Kier alpha value is -1.68. The standard InChI is InChI=1S/C13H13N2O3P/c1-17-19(16,18-2)13-9-15-11-6-4-3-5-10(11)7-8-12(15)14-13/h3-9H,1-2H3. The number of aromatic nitrogens is 2. The van der Waals surface area contributed by atoms with Crippen LogP contribution in [0.4, 0.5) is 0 Å². The molecular formula is C13H13N2O3P. The Balaban J connectivity index is 2.32. The van der Waals surface area contributed by atoms with E-state index in [1.165, 1.54) is 14.2 Å². The first-order chi connectivity index (χ1) is 9.18. The zero-order valence-electron chi connectivity index (χ0n) is 10.6. The Kier molecular flexibility index (Phi) is 2.90. The van der Waals surface area contributed by atoms with Gasteiger partial charge in [-0.25, -0.2) is 4.98 Å². The van der Waals surface area contributed by atoms with Crippen molar-refractivity contribution < 1.29 is 13.6 Å². The number of fused-ring (bicyclic) bond motifs is 3. The Bertz CT molecular complexity index is 789. The average molecular weight is 276 g/mol. The maximum atomic E-state index is 12.3. The molecule has 0 unspecified atom stereocenters. The molecule has 0 aliphatic rings. The van der Waals surface area contributed by atoms with E-state index >= 15 is 0 Å². The molecule has 0 spiro atoms. The fourth-order valence-corrected chi connectivity index (χ4v) is 3.10. The number of hydrogen-bond acceptors (Lipinski definition) is 4. The van der Waals surface area contributed by atoms with E-state index in [1.807, 2.05) is 40.8 Å². The third-order valence-corrected chi connectivity index (χ3v) is 4.83. The largest absolute Gasteiger partial charge is 0.380 e. The van der Waals surface area contributed by atoms with Gasteiger partial charge in [-0.15, -0.1) is 0 Å². The first-order valence-corrected chi connectivity index (χ1v) is 7.31.